The van der Waals surface area contributed by atoms with Gasteiger partial charge in [-0.1, -0.05) is 0 Å². The van der Waals surface area contributed by atoms with Crippen molar-refractivity contribution in [3.63, 3.8) is 0 Å². The maximum absolute atomic E-state index is 13.0. The normalized spacial score (nSPS) is 14.5. The molecule has 0 atom stereocenters. The van der Waals surface area contributed by atoms with Crippen LogP contribution in [0.15, 0.2) is 16.6 Å². The molecule has 5 heteroatoms. The molecular formula is C8H6BrFN2O. The van der Waals surface area contributed by atoms with Crippen molar-refractivity contribution in [1.29, 1.82) is 0 Å². The van der Waals surface area contributed by atoms with Gasteiger partial charge in [-0.3, -0.25) is 0 Å². The monoisotopic (exact) mass is 244 g/mol. The van der Waals surface area contributed by atoms with Gasteiger partial charge in [-0.2, -0.15) is 0 Å². The fourth-order valence-electron chi connectivity index (χ4n) is 1.19. The second kappa shape index (κ2) is 2.99. The van der Waals surface area contributed by atoms with Gasteiger partial charge in [-0.25, -0.2) is 9.18 Å². The average molecular weight is 245 g/mol. The molecule has 0 fully saturated rings. The first kappa shape index (κ1) is 8.50. The summed E-state index contributed by atoms with van der Waals surface area (Å²) in [5.41, 5.74) is 1.40. The van der Waals surface area contributed by atoms with Crippen molar-refractivity contribution in [3.8, 4) is 0 Å². The van der Waals surface area contributed by atoms with E-state index in [1.54, 1.807) is 6.07 Å². The number of anilines is 1. The summed E-state index contributed by atoms with van der Waals surface area (Å²) in [6, 6.07) is 2.66. The number of fused-ring (bicyclic) bond motifs is 1. The van der Waals surface area contributed by atoms with Crippen LogP contribution >= 0.6 is 15.9 Å². The van der Waals surface area contributed by atoms with Crippen LogP contribution in [0.5, 0.6) is 0 Å². The van der Waals surface area contributed by atoms with E-state index in [0.717, 1.165) is 5.56 Å². The molecule has 1 heterocycles. The fourth-order valence-corrected chi connectivity index (χ4v) is 1.58. The number of rotatable bonds is 0. The third kappa shape index (κ3) is 1.51. The highest BCUT2D eigenvalue weighted by Gasteiger charge is 2.15. The molecule has 13 heavy (non-hydrogen) atoms. The van der Waals surface area contributed by atoms with Gasteiger partial charge in [0.15, 0.2) is 0 Å². The number of amides is 2. The molecule has 1 aliphatic rings. The topological polar surface area (TPSA) is 41.1 Å². The van der Waals surface area contributed by atoms with E-state index in [1.807, 2.05) is 0 Å². The highest BCUT2D eigenvalue weighted by atomic mass is 79.9. The van der Waals surface area contributed by atoms with Crippen molar-refractivity contribution in [2.24, 2.45) is 0 Å². The van der Waals surface area contributed by atoms with Gasteiger partial charge in [-0.05, 0) is 33.6 Å². The Morgan fingerprint density at radius 2 is 2.23 bits per heavy atom. The Bertz CT molecular complexity index is 381. The van der Waals surface area contributed by atoms with Crippen molar-refractivity contribution < 1.29 is 9.18 Å². The number of halogens is 2. The zero-order chi connectivity index (χ0) is 9.42. The maximum atomic E-state index is 13.0. The van der Waals surface area contributed by atoms with Crippen molar-refractivity contribution >= 4 is 27.6 Å². The summed E-state index contributed by atoms with van der Waals surface area (Å²) < 4.78 is 13.4. The van der Waals surface area contributed by atoms with Crippen molar-refractivity contribution in [2.75, 3.05) is 5.32 Å². The van der Waals surface area contributed by atoms with E-state index in [1.165, 1.54) is 6.07 Å². The van der Waals surface area contributed by atoms with E-state index in [9.17, 15) is 9.18 Å². The second-order valence-corrected chi connectivity index (χ2v) is 3.59. The van der Waals surface area contributed by atoms with E-state index in [4.69, 9.17) is 0 Å². The highest BCUT2D eigenvalue weighted by Crippen LogP contribution is 2.26. The van der Waals surface area contributed by atoms with Gasteiger partial charge in [0.2, 0.25) is 0 Å². The zero-order valence-corrected chi connectivity index (χ0v) is 8.11. The molecule has 2 N–H and O–H groups in total. The van der Waals surface area contributed by atoms with Crippen LogP contribution in [0, 0.1) is 5.82 Å². The van der Waals surface area contributed by atoms with Gasteiger partial charge in [0.05, 0.1) is 10.2 Å². The number of hydrogen-bond acceptors (Lipinski definition) is 1. The molecule has 0 unspecified atom stereocenters. The number of nitrogens with one attached hydrogen (secondary N) is 2. The largest absolute Gasteiger partial charge is 0.334 e. The van der Waals surface area contributed by atoms with E-state index >= 15 is 0 Å². The lowest BCUT2D eigenvalue weighted by Gasteiger charge is -2.18. The molecule has 2 rings (SSSR count). The fraction of sp³-hybridized carbons (Fsp3) is 0.125. The van der Waals surface area contributed by atoms with Gasteiger partial charge in [0.25, 0.3) is 0 Å². The molecule has 0 radical (unpaired) electrons. The molecule has 0 aromatic heterocycles. The standard InChI is InChI=1S/C8H6BrFN2O/c9-5-1-4-3-11-8(13)12-7(4)2-6(5)10/h1-2H,3H2,(H2,11,12,13). The lowest BCUT2D eigenvalue weighted by atomic mass is 10.1. The molecule has 0 saturated heterocycles. The quantitative estimate of drug-likeness (QED) is 0.722. The molecule has 1 aliphatic heterocycles. The Hall–Kier alpha value is -1.10. The van der Waals surface area contributed by atoms with Crippen LogP contribution in [-0.2, 0) is 6.54 Å². The minimum absolute atomic E-state index is 0.297. The van der Waals surface area contributed by atoms with Gasteiger partial charge >= 0.3 is 6.03 Å². The van der Waals surface area contributed by atoms with Crippen molar-refractivity contribution in [1.82, 2.24) is 5.32 Å². The van der Waals surface area contributed by atoms with Gasteiger partial charge in [0.1, 0.15) is 5.82 Å². The lowest BCUT2D eigenvalue weighted by Crippen LogP contribution is -2.33. The average Bonchev–Trinajstić information content (AvgIpc) is 2.08. The van der Waals surface area contributed by atoms with Crippen LogP contribution in [0.1, 0.15) is 5.56 Å². The molecule has 0 spiro atoms. The molecular weight excluding hydrogens is 239 g/mol. The summed E-state index contributed by atoms with van der Waals surface area (Å²) in [4.78, 5) is 10.9. The summed E-state index contributed by atoms with van der Waals surface area (Å²) in [5, 5.41) is 5.11. The molecule has 0 saturated carbocycles. The Kier molecular flexibility index (Phi) is 1.95. The second-order valence-electron chi connectivity index (χ2n) is 2.73. The van der Waals surface area contributed by atoms with Crippen LogP contribution in [0.3, 0.4) is 0 Å². The summed E-state index contributed by atoms with van der Waals surface area (Å²) in [6.07, 6.45) is 0. The molecule has 0 bridgehead atoms. The molecule has 3 nitrogen and oxygen atoms in total. The molecule has 2 amide bonds. The minimum atomic E-state index is -0.374. The Labute approximate surface area is 82.4 Å². The highest BCUT2D eigenvalue weighted by molar-refractivity contribution is 9.10. The number of hydrogen-bond donors (Lipinski definition) is 2. The predicted octanol–water partition coefficient (Wildman–Crippen LogP) is 2.22. The van der Waals surface area contributed by atoms with E-state index in [-0.39, 0.29) is 11.8 Å². The molecule has 1 aromatic carbocycles. The molecule has 68 valence electrons. The number of carbonyl (C=O) groups is 1. The van der Waals surface area contributed by atoms with Crippen LogP contribution in [0.2, 0.25) is 0 Å². The van der Waals surface area contributed by atoms with E-state index < -0.39 is 0 Å². The summed E-state index contributed by atoms with van der Waals surface area (Å²) >= 11 is 3.07. The Morgan fingerprint density at radius 1 is 1.46 bits per heavy atom. The van der Waals surface area contributed by atoms with Gasteiger partial charge < -0.3 is 10.6 Å². The van der Waals surface area contributed by atoms with Gasteiger partial charge in [-0.15, -0.1) is 0 Å². The number of benzene rings is 1. The third-order valence-corrected chi connectivity index (χ3v) is 2.44. The Balaban J connectivity index is 2.49. The van der Waals surface area contributed by atoms with Crippen molar-refractivity contribution in [2.45, 2.75) is 6.54 Å². The number of urea groups is 1. The maximum Gasteiger partial charge on any atom is 0.319 e. The van der Waals surface area contributed by atoms with Crippen LogP contribution < -0.4 is 10.6 Å². The Morgan fingerprint density at radius 3 is 3.00 bits per heavy atom. The third-order valence-electron chi connectivity index (χ3n) is 1.83. The lowest BCUT2D eigenvalue weighted by molar-refractivity contribution is 0.251. The number of carbonyl (C=O) groups excluding carboxylic acids is 1. The van der Waals surface area contributed by atoms with Crippen molar-refractivity contribution in [3.05, 3.63) is 28.0 Å². The first-order chi connectivity index (χ1) is 6.16. The summed E-state index contributed by atoms with van der Waals surface area (Å²) in [7, 11) is 0. The summed E-state index contributed by atoms with van der Waals surface area (Å²) in [6.45, 7) is 0.431. The molecule has 0 aliphatic carbocycles. The minimum Gasteiger partial charge on any atom is -0.334 e. The molecule has 1 aromatic rings. The van der Waals surface area contributed by atoms with Crippen LogP contribution in [0.25, 0.3) is 0 Å². The zero-order valence-electron chi connectivity index (χ0n) is 6.53. The SMILES string of the molecule is O=C1NCc2cc(Br)c(F)cc2N1. The van der Waals surface area contributed by atoms with E-state index in [2.05, 4.69) is 26.6 Å². The predicted molar refractivity (Wildman–Crippen MR) is 50.0 cm³/mol. The van der Waals surface area contributed by atoms with Crippen LogP contribution in [0.4, 0.5) is 14.9 Å². The first-order valence-corrected chi connectivity index (χ1v) is 4.49. The first-order valence-electron chi connectivity index (χ1n) is 3.69. The smallest absolute Gasteiger partial charge is 0.319 e. The summed E-state index contributed by atoms with van der Waals surface area (Å²) in [5.74, 6) is -0.374. The van der Waals surface area contributed by atoms with E-state index in [0.29, 0.717) is 16.7 Å². The van der Waals surface area contributed by atoms with Crippen LogP contribution in [-0.4, -0.2) is 6.03 Å². The van der Waals surface area contributed by atoms with Gasteiger partial charge in [0, 0.05) is 6.54 Å².